The number of nitrogens with one attached hydrogen (secondary N) is 1. The molecule has 0 aliphatic carbocycles. The van der Waals surface area contributed by atoms with Crippen molar-refractivity contribution in [3.8, 4) is 0 Å². The normalized spacial score (nSPS) is 11.4. The molecule has 6 heteroatoms. The molecule has 1 heterocycles. The maximum Gasteiger partial charge on any atom is 0.253 e. The maximum absolute atomic E-state index is 13.2. The van der Waals surface area contributed by atoms with Crippen molar-refractivity contribution < 1.29 is 14.0 Å². The molecule has 0 unspecified atom stereocenters. The van der Waals surface area contributed by atoms with Gasteiger partial charge < -0.3 is 11.1 Å². The predicted octanol–water partition coefficient (Wildman–Crippen LogP) is 1.76. The number of hydrogen-bond donors (Lipinski definition) is 2. The Morgan fingerprint density at radius 2 is 2.05 bits per heavy atom. The number of primary amides is 1. The van der Waals surface area contributed by atoms with Crippen LogP contribution in [0, 0.1) is 5.82 Å². The SMILES string of the molecule is CC(C)(CC(N)=O)NC(=O)c1cnc2ccc(F)cc2c1. The molecule has 0 bridgehead atoms. The van der Waals surface area contributed by atoms with Gasteiger partial charge in [0.2, 0.25) is 5.91 Å². The zero-order valence-corrected chi connectivity index (χ0v) is 11.8. The average Bonchev–Trinajstić information content (AvgIpc) is 2.35. The number of amides is 2. The molecule has 3 N–H and O–H groups in total. The van der Waals surface area contributed by atoms with Crippen molar-refractivity contribution in [3.05, 3.63) is 41.8 Å². The molecule has 5 nitrogen and oxygen atoms in total. The van der Waals surface area contributed by atoms with Crippen LogP contribution in [0.2, 0.25) is 0 Å². The molecule has 0 aliphatic rings. The van der Waals surface area contributed by atoms with Crippen LogP contribution in [-0.4, -0.2) is 22.3 Å². The number of aromatic nitrogens is 1. The number of carbonyl (C=O) groups excluding carboxylic acids is 2. The van der Waals surface area contributed by atoms with Crippen LogP contribution in [0.25, 0.3) is 10.9 Å². The second-order valence-electron chi connectivity index (χ2n) is 5.54. The fourth-order valence-corrected chi connectivity index (χ4v) is 2.09. The quantitative estimate of drug-likeness (QED) is 0.899. The summed E-state index contributed by atoms with van der Waals surface area (Å²) >= 11 is 0. The highest BCUT2D eigenvalue weighted by atomic mass is 19.1. The predicted molar refractivity (Wildman–Crippen MR) is 77.1 cm³/mol. The number of halogens is 1. The largest absolute Gasteiger partial charge is 0.370 e. The van der Waals surface area contributed by atoms with Gasteiger partial charge in [-0.05, 0) is 38.1 Å². The van der Waals surface area contributed by atoms with E-state index in [0.717, 1.165) is 0 Å². The van der Waals surface area contributed by atoms with E-state index in [1.165, 1.54) is 18.3 Å². The van der Waals surface area contributed by atoms with Gasteiger partial charge in [-0.1, -0.05) is 0 Å². The molecule has 110 valence electrons. The second kappa shape index (κ2) is 5.47. The van der Waals surface area contributed by atoms with Crippen LogP contribution in [0.3, 0.4) is 0 Å². The highest BCUT2D eigenvalue weighted by Crippen LogP contribution is 2.16. The zero-order valence-electron chi connectivity index (χ0n) is 11.8. The third kappa shape index (κ3) is 3.75. The molecule has 1 aromatic carbocycles. The van der Waals surface area contributed by atoms with Crippen molar-refractivity contribution in [2.45, 2.75) is 25.8 Å². The second-order valence-corrected chi connectivity index (χ2v) is 5.54. The summed E-state index contributed by atoms with van der Waals surface area (Å²) in [5, 5.41) is 3.25. The lowest BCUT2D eigenvalue weighted by molar-refractivity contribution is -0.119. The topological polar surface area (TPSA) is 85.1 Å². The van der Waals surface area contributed by atoms with E-state index in [4.69, 9.17) is 5.73 Å². The van der Waals surface area contributed by atoms with Crippen LogP contribution in [0.1, 0.15) is 30.6 Å². The van der Waals surface area contributed by atoms with Gasteiger partial charge in [-0.15, -0.1) is 0 Å². The molecule has 0 spiro atoms. The third-order valence-corrected chi connectivity index (χ3v) is 2.97. The van der Waals surface area contributed by atoms with Gasteiger partial charge in [-0.2, -0.15) is 0 Å². The first kappa shape index (κ1) is 14.9. The van der Waals surface area contributed by atoms with Crippen LogP contribution in [-0.2, 0) is 4.79 Å². The molecule has 0 fully saturated rings. The van der Waals surface area contributed by atoms with Crippen LogP contribution < -0.4 is 11.1 Å². The Balaban J connectivity index is 2.25. The van der Waals surface area contributed by atoms with Gasteiger partial charge in [0, 0.05) is 23.5 Å². The summed E-state index contributed by atoms with van der Waals surface area (Å²) in [5.74, 6) is -1.28. The number of carbonyl (C=O) groups is 2. The summed E-state index contributed by atoms with van der Waals surface area (Å²) in [6, 6.07) is 5.73. The molecular weight excluding hydrogens is 273 g/mol. The van der Waals surface area contributed by atoms with Crippen molar-refractivity contribution in [2.75, 3.05) is 0 Å². The molecule has 0 radical (unpaired) electrons. The van der Waals surface area contributed by atoms with Gasteiger partial charge in [-0.3, -0.25) is 14.6 Å². The smallest absolute Gasteiger partial charge is 0.253 e. The van der Waals surface area contributed by atoms with E-state index >= 15 is 0 Å². The van der Waals surface area contributed by atoms with Crippen molar-refractivity contribution in [1.29, 1.82) is 0 Å². The molecule has 0 saturated heterocycles. The molecule has 2 amide bonds. The minimum Gasteiger partial charge on any atom is -0.370 e. The summed E-state index contributed by atoms with van der Waals surface area (Å²) in [7, 11) is 0. The van der Waals surface area contributed by atoms with Crippen LogP contribution in [0.15, 0.2) is 30.5 Å². The summed E-state index contributed by atoms with van der Waals surface area (Å²) in [6.07, 6.45) is 1.43. The standard InChI is InChI=1S/C15H16FN3O2/c1-15(2,7-13(17)20)19-14(21)10-5-9-6-11(16)3-4-12(9)18-8-10/h3-6,8H,7H2,1-2H3,(H2,17,20)(H,19,21). The number of nitrogens with zero attached hydrogens (tertiary/aromatic N) is 1. The van der Waals surface area contributed by atoms with Gasteiger partial charge in [0.25, 0.3) is 5.91 Å². The van der Waals surface area contributed by atoms with Gasteiger partial charge in [-0.25, -0.2) is 4.39 Å². The van der Waals surface area contributed by atoms with Gasteiger partial charge in [0.05, 0.1) is 11.1 Å². The number of hydrogen-bond acceptors (Lipinski definition) is 3. The Morgan fingerprint density at radius 1 is 1.33 bits per heavy atom. The number of rotatable bonds is 4. The Bertz CT molecular complexity index is 713. The molecular formula is C15H16FN3O2. The first-order chi connectivity index (χ1) is 9.77. The Labute approximate surface area is 121 Å². The summed E-state index contributed by atoms with van der Waals surface area (Å²) < 4.78 is 13.2. The number of nitrogens with two attached hydrogens (primary N) is 1. The molecule has 0 atom stereocenters. The van der Waals surface area contributed by atoms with Gasteiger partial charge in [0.1, 0.15) is 5.82 Å². The summed E-state index contributed by atoms with van der Waals surface area (Å²) in [6.45, 7) is 3.40. The number of pyridine rings is 1. The Kier molecular flexibility index (Phi) is 3.88. The van der Waals surface area contributed by atoms with E-state index < -0.39 is 17.3 Å². The van der Waals surface area contributed by atoms with Crippen LogP contribution >= 0.6 is 0 Å². The van der Waals surface area contributed by atoms with E-state index in [1.807, 2.05) is 0 Å². The third-order valence-electron chi connectivity index (χ3n) is 2.97. The van der Waals surface area contributed by atoms with Crippen LogP contribution in [0.5, 0.6) is 0 Å². The Hall–Kier alpha value is -2.50. The van der Waals surface area contributed by atoms with E-state index in [-0.39, 0.29) is 12.3 Å². The number of benzene rings is 1. The Morgan fingerprint density at radius 3 is 2.71 bits per heavy atom. The molecule has 1 aromatic heterocycles. The lowest BCUT2D eigenvalue weighted by atomic mass is 9.99. The van der Waals surface area contributed by atoms with E-state index in [2.05, 4.69) is 10.3 Å². The fourth-order valence-electron chi connectivity index (χ4n) is 2.09. The van der Waals surface area contributed by atoms with Crippen molar-refractivity contribution in [2.24, 2.45) is 5.73 Å². The first-order valence-corrected chi connectivity index (χ1v) is 6.43. The maximum atomic E-state index is 13.2. The van der Waals surface area contributed by atoms with Crippen LogP contribution in [0.4, 0.5) is 4.39 Å². The minimum atomic E-state index is -0.764. The molecule has 0 saturated carbocycles. The highest BCUT2D eigenvalue weighted by Gasteiger charge is 2.23. The molecule has 2 rings (SSSR count). The lowest BCUT2D eigenvalue weighted by Gasteiger charge is -2.24. The van der Waals surface area contributed by atoms with Gasteiger partial charge in [0.15, 0.2) is 0 Å². The molecule has 21 heavy (non-hydrogen) atoms. The van der Waals surface area contributed by atoms with Crippen molar-refractivity contribution in [3.63, 3.8) is 0 Å². The minimum absolute atomic E-state index is 0.0222. The van der Waals surface area contributed by atoms with E-state index in [0.29, 0.717) is 16.5 Å². The monoisotopic (exact) mass is 289 g/mol. The van der Waals surface area contributed by atoms with E-state index in [9.17, 15) is 14.0 Å². The summed E-state index contributed by atoms with van der Waals surface area (Å²) in [4.78, 5) is 27.3. The highest BCUT2D eigenvalue weighted by molar-refractivity contribution is 5.97. The molecule has 2 aromatic rings. The fraction of sp³-hybridized carbons (Fsp3) is 0.267. The lowest BCUT2D eigenvalue weighted by Crippen LogP contribution is -2.46. The van der Waals surface area contributed by atoms with Crippen molar-refractivity contribution >= 4 is 22.7 Å². The molecule has 0 aliphatic heterocycles. The van der Waals surface area contributed by atoms with Gasteiger partial charge >= 0.3 is 0 Å². The van der Waals surface area contributed by atoms with Crippen molar-refractivity contribution in [1.82, 2.24) is 10.3 Å². The summed E-state index contributed by atoms with van der Waals surface area (Å²) in [5.41, 5.74) is 5.27. The zero-order chi connectivity index (χ0) is 15.6. The number of fused-ring (bicyclic) bond motifs is 1. The first-order valence-electron chi connectivity index (χ1n) is 6.43. The van der Waals surface area contributed by atoms with E-state index in [1.54, 1.807) is 26.0 Å². The average molecular weight is 289 g/mol.